The Morgan fingerprint density at radius 2 is 1.76 bits per heavy atom. The van der Waals surface area contributed by atoms with E-state index < -0.39 is 5.60 Å². The fourth-order valence-corrected chi connectivity index (χ4v) is 1.62. The molecule has 0 aromatic heterocycles. The van der Waals surface area contributed by atoms with Crippen molar-refractivity contribution in [3.05, 3.63) is 0 Å². The Balaban J connectivity index is 0. The standard InChI is InChI=1S/C15H31N3O2.HI/c1-6-8-9-10-11-17-14(16-7-2)18-12-13(19)20-15(3,4)5;/h6-12H2,1-5H3,(H2,16,17,18);1H. The van der Waals surface area contributed by atoms with Crippen molar-refractivity contribution in [3.8, 4) is 0 Å². The van der Waals surface area contributed by atoms with Crippen molar-refractivity contribution in [3.63, 3.8) is 0 Å². The smallest absolute Gasteiger partial charge is 0.328 e. The zero-order valence-electron chi connectivity index (χ0n) is 14.1. The number of hydrogen-bond acceptors (Lipinski definition) is 3. The summed E-state index contributed by atoms with van der Waals surface area (Å²) in [6, 6.07) is 0. The van der Waals surface area contributed by atoms with Gasteiger partial charge in [0, 0.05) is 13.1 Å². The molecule has 6 heteroatoms. The summed E-state index contributed by atoms with van der Waals surface area (Å²) < 4.78 is 5.22. The molecule has 0 heterocycles. The molecular weight excluding hydrogens is 381 g/mol. The minimum absolute atomic E-state index is 0. The van der Waals surface area contributed by atoms with Crippen LogP contribution in [0.5, 0.6) is 0 Å². The molecule has 0 atom stereocenters. The molecule has 0 bridgehead atoms. The summed E-state index contributed by atoms with van der Waals surface area (Å²) in [5, 5.41) is 6.35. The molecule has 0 spiro atoms. The summed E-state index contributed by atoms with van der Waals surface area (Å²) in [5.41, 5.74) is -0.460. The van der Waals surface area contributed by atoms with Crippen molar-refractivity contribution in [1.29, 1.82) is 0 Å². The first-order chi connectivity index (χ1) is 9.39. The number of aliphatic imine (C=N–C) groups is 1. The fourth-order valence-electron chi connectivity index (χ4n) is 1.62. The Labute approximate surface area is 146 Å². The lowest BCUT2D eigenvalue weighted by molar-refractivity contribution is -0.152. The number of hydrogen-bond donors (Lipinski definition) is 2. The predicted molar refractivity (Wildman–Crippen MR) is 99.4 cm³/mol. The van der Waals surface area contributed by atoms with E-state index in [1.165, 1.54) is 19.3 Å². The number of ether oxygens (including phenoxy) is 1. The molecular formula is C15H32IN3O2. The van der Waals surface area contributed by atoms with E-state index in [1.807, 2.05) is 27.7 Å². The van der Waals surface area contributed by atoms with Gasteiger partial charge in [0.15, 0.2) is 5.96 Å². The van der Waals surface area contributed by atoms with E-state index in [0.717, 1.165) is 19.5 Å². The van der Waals surface area contributed by atoms with Gasteiger partial charge in [-0.2, -0.15) is 0 Å². The lowest BCUT2D eigenvalue weighted by Gasteiger charge is -2.19. The first-order valence-corrected chi connectivity index (χ1v) is 7.63. The minimum atomic E-state index is -0.460. The molecule has 0 aliphatic carbocycles. The molecule has 0 radical (unpaired) electrons. The number of guanidine groups is 1. The van der Waals surface area contributed by atoms with Gasteiger partial charge in [0.2, 0.25) is 0 Å². The monoisotopic (exact) mass is 413 g/mol. The highest BCUT2D eigenvalue weighted by molar-refractivity contribution is 14.0. The molecule has 0 aliphatic rings. The predicted octanol–water partition coefficient (Wildman–Crippen LogP) is 3.08. The largest absolute Gasteiger partial charge is 0.459 e. The van der Waals surface area contributed by atoms with E-state index in [9.17, 15) is 4.79 Å². The van der Waals surface area contributed by atoms with E-state index in [-0.39, 0.29) is 36.5 Å². The molecule has 0 rings (SSSR count). The van der Waals surface area contributed by atoms with Crippen LogP contribution in [0.4, 0.5) is 0 Å². The molecule has 0 aromatic rings. The second kappa shape index (κ2) is 13.2. The van der Waals surface area contributed by atoms with Crippen LogP contribution in [0.2, 0.25) is 0 Å². The van der Waals surface area contributed by atoms with Crippen LogP contribution in [0.3, 0.4) is 0 Å². The van der Waals surface area contributed by atoms with Gasteiger partial charge >= 0.3 is 5.97 Å². The Bertz CT molecular complexity index is 302. The van der Waals surface area contributed by atoms with Crippen LogP contribution in [-0.2, 0) is 9.53 Å². The average molecular weight is 413 g/mol. The lowest BCUT2D eigenvalue weighted by atomic mass is 10.2. The van der Waals surface area contributed by atoms with Gasteiger partial charge in [-0.05, 0) is 34.1 Å². The number of unbranched alkanes of at least 4 members (excludes halogenated alkanes) is 3. The van der Waals surface area contributed by atoms with Gasteiger partial charge < -0.3 is 15.4 Å². The molecule has 0 aliphatic heterocycles. The fraction of sp³-hybridized carbons (Fsp3) is 0.867. The zero-order valence-corrected chi connectivity index (χ0v) is 16.5. The quantitative estimate of drug-likeness (QED) is 0.211. The topological polar surface area (TPSA) is 62.7 Å². The average Bonchev–Trinajstić information content (AvgIpc) is 2.33. The second-order valence-corrected chi connectivity index (χ2v) is 5.77. The van der Waals surface area contributed by atoms with Crippen molar-refractivity contribution in [2.24, 2.45) is 4.99 Å². The van der Waals surface area contributed by atoms with Gasteiger partial charge in [0.05, 0.1) is 0 Å². The minimum Gasteiger partial charge on any atom is -0.459 e. The number of nitrogens with zero attached hydrogens (tertiary/aromatic N) is 1. The number of nitrogens with one attached hydrogen (secondary N) is 2. The third-order valence-corrected chi connectivity index (χ3v) is 2.45. The van der Waals surface area contributed by atoms with Crippen LogP contribution in [0.1, 0.15) is 60.3 Å². The summed E-state index contributed by atoms with van der Waals surface area (Å²) in [4.78, 5) is 15.8. The second-order valence-electron chi connectivity index (χ2n) is 5.77. The molecule has 21 heavy (non-hydrogen) atoms. The van der Waals surface area contributed by atoms with E-state index >= 15 is 0 Å². The summed E-state index contributed by atoms with van der Waals surface area (Å²) in [7, 11) is 0. The maximum atomic E-state index is 11.6. The first-order valence-electron chi connectivity index (χ1n) is 7.63. The number of esters is 1. The highest BCUT2D eigenvalue weighted by Gasteiger charge is 2.15. The maximum absolute atomic E-state index is 11.6. The van der Waals surface area contributed by atoms with Crippen LogP contribution in [0, 0.1) is 0 Å². The first kappa shape index (κ1) is 22.7. The third-order valence-electron chi connectivity index (χ3n) is 2.45. The van der Waals surface area contributed by atoms with Crippen LogP contribution in [0.15, 0.2) is 4.99 Å². The summed E-state index contributed by atoms with van der Waals surface area (Å²) >= 11 is 0. The van der Waals surface area contributed by atoms with Crippen LogP contribution in [0.25, 0.3) is 0 Å². The van der Waals surface area contributed by atoms with Gasteiger partial charge in [-0.25, -0.2) is 4.99 Å². The van der Waals surface area contributed by atoms with Crippen molar-refractivity contribution in [2.75, 3.05) is 19.6 Å². The highest BCUT2D eigenvalue weighted by Crippen LogP contribution is 2.06. The van der Waals surface area contributed by atoms with Crippen LogP contribution in [-0.4, -0.2) is 37.2 Å². The molecule has 126 valence electrons. The van der Waals surface area contributed by atoms with Crippen molar-refractivity contribution < 1.29 is 9.53 Å². The summed E-state index contributed by atoms with van der Waals surface area (Å²) in [5.74, 6) is 0.371. The number of carbonyl (C=O) groups excluding carboxylic acids is 1. The SMILES string of the molecule is CCCCCCNC(=NCC(=O)OC(C)(C)C)NCC.I. The lowest BCUT2D eigenvalue weighted by Crippen LogP contribution is -2.38. The van der Waals surface area contributed by atoms with E-state index in [2.05, 4.69) is 22.5 Å². The van der Waals surface area contributed by atoms with Gasteiger partial charge in [-0.1, -0.05) is 26.2 Å². The Morgan fingerprint density at radius 1 is 1.10 bits per heavy atom. The normalized spacial score (nSPS) is 11.6. The van der Waals surface area contributed by atoms with Gasteiger partial charge in [-0.3, -0.25) is 4.79 Å². The van der Waals surface area contributed by atoms with E-state index in [1.54, 1.807) is 0 Å². The Hall–Kier alpha value is -0.530. The highest BCUT2D eigenvalue weighted by atomic mass is 127. The van der Waals surface area contributed by atoms with Crippen molar-refractivity contribution >= 4 is 35.9 Å². The number of rotatable bonds is 8. The Kier molecular flexibility index (Phi) is 14.2. The van der Waals surface area contributed by atoms with Crippen LogP contribution >= 0.6 is 24.0 Å². The van der Waals surface area contributed by atoms with E-state index in [4.69, 9.17) is 4.74 Å². The molecule has 0 amide bonds. The molecule has 0 fully saturated rings. The zero-order chi connectivity index (χ0) is 15.4. The van der Waals surface area contributed by atoms with Crippen LogP contribution < -0.4 is 10.6 Å². The Morgan fingerprint density at radius 3 is 2.29 bits per heavy atom. The molecule has 0 aromatic carbocycles. The van der Waals surface area contributed by atoms with Crippen molar-refractivity contribution in [1.82, 2.24) is 10.6 Å². The summed E-state index contributed by atoms with van der Waals surface area (Å²) in [6.07, 6.45) is 4.82. The van der Waals surface area contributed by atoms with Gasteiger partial charge in [0.25, 0.3) is 0 Å². The number of carbonyl (C=O) groups is 1. The molecule has 2 N–H and O–H groups in total. The molecule has 0 saturated heterocycles. The number of halogens is 1. The third kappa shape index (κ3) is 15.7. The summed E-state index contributed by atoms with van der Waals surface area (Å²) in [6.45, 7) is 11.4. The van der Waals surface area contributed by atoms with Crippen molar-refractivity contribution in [2.45, 2.75) is 65.9 Å². The van der Waals surface area contributed by atoms with Gasteiger partial charge in [0.1, 0.15) is 12.1 Å². The molecule has 0 unspecified atom stereocenters. The maximum Gasteiger partial charge on any atom is 0.328 e. The molecule has 0 saturated carbocycles. The molecule has 5 nitrogen and oxygen atoms in total. The van der Waals surface area contributed by atoms with Gasteiger partial charge in [-0.15, -0.1) is 24.0 Å². The van der Waals surface area contributed by atoms with E-state index in [0.29, 0.717) is 5.96 Å².